The Morgan fingerprint density at radius 2 is 1.97 bits per heavy atom. The van der Waals surface area contributed by atoms with Crippen LogP contribution in [0.1, 0.15) is 24.0 Å². The number of nitrogens with zero attached hydrogens (tertiary/aromatic N) is 2. The van der Waals surface area contributed by atoms with Crippen LogP contribution >= 0.6 is 19.6 Å². The van der Waals surface area contributed by atoms with Crippen molar-refractivity contribution in [3.05, 3.63) is 71.3 Å². The summed E-state index contributed by atoms with van der Waals surface area (Å²) in [5.41, 5.74) is 2.64. The molecule has 172 valence electrons. The van der Waals surface area contributed by atoms with Crippen molar-refractivity contribution in [2.75, 3.05) is 13.7 Å². The number of rotatable bonds is 8. The Bertz CT molecular complexity index is 1050. The van der Waals surface area contributed by atoms with Crippen molar-refractivity contribution in [3.8, 4) is 0 Å². The monoisotopic (exact) mass is 487 g/mol. The SMILES string of the molecule is CONC(=O)N1N=C(c2cc(F)ccc2F)SC1(CCCOP(=O)(O)O)c1ccccc1. The van der Waals surface area contributed by atoms with Gasteiger partial charge in [0.2, 0.25) is 0 Å². The molecular weight excluding hydrogens is 467 g/mol. The minimum Gasteiger partial charge on any atom is -0.303 e. The number of benzene rings is 2. The summed E-state index contributed by atoms with van der Waals surface area (Å²) >= 11 is 1.01. The first-order valence-electron chi connectivity index (χ1n) is 9.28. The quantitative estimate of drug-likeness (QED) is 0.295. The van der Waals surface area contributed by atoms with Crippen molar-refractivity contribution in [2.24, 2.45) is 5.10 Å². The molecule has 0 aromatic heterocycles. The van der Waals surface area contributed by atoms with E-state index in [1.165, 1.54) is 7.11 Å². The van der Waals surface area contributed by atoms with Gasteiger partial charge in [0.05, 0.1) is 13.7 Å². The third-order valence-corrected chi connectivity index (χ3v) is 6.45. The molecule has 0 spiro atoms. The number of hydroxylamine groups is 1. The van der Waals surface area contributed by atoms with Gasteiger partial charge in [-0.2, -0.15) is 10.1 Å². The minimum atomic E-state index is -4.68. The molecule has 0 radical (unpaired) electrons. The van der Waals surface area contributed by atoms with E-state index < -0.39 is 30.4 Å². The molecular formula is C19H20F2N3O6PS. The molecule has 0 aliphatic carbocycles. The first kappa shape index (κ1) is 24.3. The van der Waals surface area contributed by atoms with Crippen molar-refractivity contribution < 1.29 is 37.3 Å². The molecule has 2 aromatic carbocycles. The van der Waals surface area contributed by atoms with Gasteiger partial charge in [-0.25, -0.2) is 23.6 Å². The molecule has 1 atom stereocenters. The van der Waals surface area contributed by atoms with Crippen molar-refractivity contribution in [3.63, 3.8) is 0 Å². The van der Waals surface area contributed by atoms with Crippen molar-refractivity contribution in [1.29, 1.82) is 0 Å². The fraction of sp³-hybridized carbons (Fsp3) is 0.263. The average Bonchev–Trinajstić information content (AvgIpc) is 3.14. The highest BCUT2D eigenvalue weighted by molar-refractivity contribution is 8.15. The van der Waals surface area contributed by atoms with Crippen LogP contribution in [-0.2, 0) is 18.8 Å². The third-order valence-electron chi connectivity index (χ3n) is 4.48. The van der Waals surface area contributed by atoms with E-state index in [1.54, 1.807) is 30.3 Å². The number of thioether (sulfide) groups is 1. The molecule has 9 nitrogen and oxygen atoms in total. The van der Waals surface area contributed by atoms with Gasteiger partial charge >= 0.3 is 13.9 Å². The summed E-state index contributed by atoms with van der Waals surface area (Å²) < 4.78 is 43.8. The third kappa shape index (κ3) is 5.52. The van der Waals surface area contributed by atoms with Crippen LogP contribution in [0, 0.1) is 11.6 Å². The molecule has 32 heavy (non-hydrogen) atoms. The summed E-state index contributed by atoms with van der Waals surface area (Å²) in [5, 5.41) is 5.35. The van der Waals surface area contributed by atoms with Crippen molar-refractivity contribution in [1.82, 2.24) is 10.5 Å². The van der Waals surface area contributed by atoms with E-state index in [-0.39, 0.29) is 30.1 Å². The lowest BCUT2D eigenvalue weighted by Gasteiger charge is -2.35. The smallest absolute Gasteiger partial charge is 0.303 e. The van der Waals surface area contributed by atoms with Crippen LogP contribution < -0.4 is 5.48 Å². The maximum absolute atomic E-state index is 14.5. The number of amides is 2. The molecule has 3 rings (SSSR count). The predicted octanol–water partition coefficient (Wildman–Crippen LogP) is 3.69. The Labute approximate surface area is 186 Å². The van der Waals surface area contributed by atoms with Gasteiger partial charge in [-0.3, -0.25) is 9.36 Å². The molecule has 13 heteroatoms. The largest absolute Gasteiger partial charge is 0.469 e. The normalized spacial score (nSPS) is 18.5. The molecule has 0 bridgehead atoms. The maximum Gasteiger partial charge on any atom is 0.469 e. The van der Waals surface area contributed by atoms with Gasteiger partial charge in [0.15, 0.2) is 0 Å². The van der Waals surface area contributed by atoms with Crippen LogP contribution in [0.2, 0.25) is 0 Å². The predicted molar refractivity (Wildman–Crippen MR) is 113 cm³/mol. The first-order chi connectivity index (χ1) is 15.2. The second kappa shape index (κ2) is 10.1. The summed E-state index contributed by atoms with van der Waals surface area (Å²) in [4.78, 5) is 34.1. The zero-order valence-corrected chi connectivity index (χ0v) is 18.5. The number of hydrogen-bond acceptors (Lipinski definition) is 6. The molecule has 1 unspecified atom stereocenters. The van der Waals surface area contributed by atoms with E-state index in [4.69, 9.17) is 14.6 Å². The highest BCUT2D eigenvalue weighted by Gasteiger charge is 2.49. The Hall–Kier alpha value is -2.34. The van der Waals surface area contributed by atoms with Crippen LogP contribution in [0.15, 0.2) is 53.6 Å². The average molecular weight is 487 g/mol. The molecule has 3 N–H and O–H groups in total. The number of phosphoric acid groups is 1. The highest BCUT2D eigenvalue weighted by atomic mass is 32.2. The van der Waals surface area contributed by atoms with Crippen LogP contribution in [0.3, 0.4) is 0 Å². The summed E-state index contributed by atoms with van der Waals surface area (Å²) in [5.74, 6) is -1.40. The number of halogens is 2. The summed E-state index contributed by atoms with van der Waals surface area (Å²) in [6.45, 7) is -0.303. The second-order valence-electron chi connectivity index (χ2n) is 6.63. The summed E-state index contributed by atoms with van der Waals surface area (Å²) in [6, 6.07) is 10.8. The number of hydrazone groups is 1. The lowest BCUT2D eigenvalue weighted by Crippen LogP contribution is -2.46. The van der Waals surface area contributed by atoms with Crippen LogP contribution in [0.4, 0.5) is 13.6 Å². The fourth-order valence-corrected chi connectivity index (χ4v) is 4.97. The number of carbonyl (C=O) groups excluding carboxylic acids is 1. The van der Waals surface area contributed by atoms with E-state index >= 15 is 0 Å². The fourth-order valence-electron chi connectivity index (χ4n) is 3.18. The van der Waals surface area contributed by atoms with Gasteiger partial charge in [0, 0.05) is 5.56 Å². The maximum atomic E-state index is 14.5. The molecule has 0 saturated heterocycles. The van der Waals surface area contributed by atoms with Gasteiger partial charge in [-0.1, -0.05) is 42.1 Å². The Kier molecular flexibility index (Phi) is 7.65. The van der Waals surface area contributed by atoms with E-state index in [9.17, 15) is 18.1 Å². The number of hydrogen-bond donors (Lipinski definition) is 3. The minimum absolute atomic E-state index is 0.0491. The Balaban J connectivity index is 2.03. The lowest BCUT2D eigenvalue weighted by atomic mass is 10.0. The molecule has 0 saturated carbocycles. The van der Waals surface area contributed by atoms with Gasteiger partial charge in [-0.15, -0.1) is 0 Å². The molecule has 2 amide bonds. The van der Waals surface area contributed by atoms with Gasteiger partial charge in [0.1, 0.15) is 21.5 Å². The van der Waals surface area contributed by atoms with Gasteiger partial charge < -0.3 is 9.79 Å². The molecule has 1 heterocycles. The van der Waals surface area contributed by atoms with Crippen LogP contribution in [0.25, 0.3) is 0 Å². The molecule has 0 fully saturated rings. The van der Waals surface area contributed by atoms with Crippen molar-refractivity contribution >= 4 is 30.7 Å². The zero-order chi connectivity index (χ0) is 23.4. The van der Waals surface area contributed by atoms with E-state index in [0.29, 0.717) is 5.56 Å². The standard InChI is InChI=1S/C19H20F2N3O6PS/c1-29-23-18(25)24-19(13-6-3-2-4-7-13,10-5-11-30-31(26,27)28)32-17(22-24)15-12-14(20)8-9-16(15)21/h2-4,6-9,12H,5,10-11H2,1H3,(H,23,25)(H2,26,27,28). The topological polar surface area (TPSA) is 121 Å². The highest BCUT2D eigenvalue weighted by Crippen LogP contribution is 2.51. The zero-order valence-electron chi connectivity index (χ0n) is 16.8. The summed E-state index contributed by atoms with van der Waals surface area (Å²) in [7, 11) is -3.45. The molecule has 1 aliphatic heterocycles. The van der Waals surface area contributed by atoms with E-state index in [1.807, 2.05) is 0 Å². The van der Waals surface area contributed by atoms with E-state index in [2.05, 4.69) is 15.1 Å². The summed E-state index contributed by atoms with van der Waals surface area (Å²) in [6.07, 6.45) is 0.223. The van der Waals surface area contributed by atoms with Gasteiger partial charge in [-0.05, 0) is 36.6 Å². The van der Waals surface area contributed by atoms with Crippen LogP contribution in [-0.4, -0.2) is 39.6 Å². The molecule has 2 aromatic rings. The van der Waals surface area contributed by atoms with Crippen LogP contribution in [0.5, 0.6) is 0 Å². The van der Waals surface area contributed by atoms with Gasteiger partial charge in [0.25, 0.3) is 0 Å². The lowest BCUT2D eigenvalue weighted by molar-refractivity contribution is 0.0721. The number of phosphoric ester groups is 1. The molecule has 1 aliphatic rings. The first-order valence-corrected chi connectivity index (χ1v) is 11.6. The van der Waals surface area contributed by atoms with Crippen molar-refractivity contribution in [2.45, 2.75) is 17.7 Å². The Morgan fingerprint density at radius 1 is 1.25 bits per heavy atom. The number of nitrogens with one attached hydrogen (secondary N) is 1. The second-order valence-corrected chi connectivity index (χ2v) is 9.14. The van der Waals surface area contributed by atoms with E-state index in [0.717, 1.165) is 35.0 Å². The number of urea groups is 1. The number of carbonyl (C=O) groups is 1. The Morgan fingerprint density at radius 3 is 2.62 bits per heavy atom.